The normalized spacial score (nSPS) is 10.8. The van der Waals surface area contributed by atoms with Gasteiger partial charge >= 0.3 is 0 Å². The van der Waals surface area contributed by atoms with E-state index in [-0.39, 0.29) is 0 Å². The first-order chi connectivity index (χ1) is 5.70. The minimum Gasteiger partial charge on any atom is -0.382 e. The van der Waals surface area contributed by atoms with E-state index in [1.165, 1.54) is 9.13 Å². The molecule has 2 aromatic rings. The molecule has 0 unspecified atom stereocenters. The molecule has 0 radical (unpaired) electrons. The molecule has 0 bridgehead atoms. The van der Waals surface area contributed by atoms with Crippen molar-refractivity contribution in [2.24, 2.45) is 0 Å². The van der Waals surface area contributed by atoms with E-state index in [0.29, 0.717) is 5.82 Å². The average Bonchev–Trinajstić information content (AvgIpc) is 2.41. The second kappa shape index (κ2) is 2.62. The number of aromatic nitrogens is 2. The van der Waals surface area contributed by atoms with Crippen molar-refractivity contribution in [2.75, 3.05) is 5.73 Å². The first-order valence-corrected chi connectivity index (χ1v) is 4.66. The lowest BCUT2D eigenvalue weighted by Gasteiger charge is -1.98. The molecule has 4 heteroatoms. The average molecular weight is 273 g/mol. The van der Waals surface area contributed by atoms with Gasteiger partial charge in [-0.05, 0) is 47.2 Å². The van der Waals surface area contributed by atoms with Gasteiger partial charge in [-0.15, -0.1) is 0 Å². The molecule has 0 spiro atoms. The molecule has 0 fully saturated rings. The number of H-pyrrole nitrogens is 1. The van der Waals surface area contributed by atoms with Crippen molar-refractivity contribution in [1.82, 2.24) is 10.2 Å². The topological polar surface area (TPSA) is 54.7 Å². The van der Waals surface area contributed by atoms with Crippen LogP contribution < -0.4 is 5.73 Å². The molecule has 0 saturated carbocycles. The fourth-order valence-electron chi connectivity index (χ4n) is 1.29. The van der Waals surface area contributed by atoms with Gasteiger partial charge in [0.05, 0.1) is 5.52 Å². The largest absolute Gasteiger partial charge is 0.382 e. The van der Waals surface area contributed by atoms with E-state index in [1.54, 1.807) is 0 Å². The summed E-state index contributed by atoms with van der Waals surface area (Å²) in [4.78, 5) is 0. The van der Waals surface area contributed by atoms with Crippen LogP contribution in [-0.2, 0) is 0 Å². The van der Waals surface area contributed by atoms with Gasteiger partial charge in [0.25, 0.3) is 0 Å². The zero-order valence-corrected chi connectivity index (χ0v) is 8.71. The van der Waals surface area contributed by atoms with Crippen LogP contribution in [0.5, 0.6) is 0 Å². The number of hydrogen-bond acceptors (Lipinski definition) is 2. The number of anilines is 1. The summed E-state index contributed by atoms with van der Waals surface area (Å²) in [6, 6.07) is 4.04. The third-order valence-electron chi connectivity index (χ3n) is 1.95. The lowest BCUT2D eigenvalue weighted by molar-refractivity contribution is 1.13. The van der Waals surface area contributed by atoms with Gasteiger partial charge in [-0.25, -0.2) is 0 Å². The van der Waals surface area contributed by atoms with Crippen molar-refractivity contribution in [3.63, 3.8) is 0 Å². The molecule has 0 aliphatic heterocycles. The lowest BCUT2D eigenvalue weighted by atomic mass is 10.1. The molecule has 3 N–H and O–H groups in total. The van der Waals surface area contributed by atoms with Gasteiger partial charge in [-0.3, -0.25) is 5.10 Å². The van der Waals surface area contributed by atoms with Crippen molar-refractivity contribution >= 4 is 39.3 Å². The lowest BCUT2D eigenvalue weighted by Crippen LogP contribution is -1.87. The summed E-state index contributed by atoms with van der Waals surface area (Å²) in [5, 5.41) is 7.87. The Morgan fingerprint density at radius 2 is 2.25 bits per heavy atom. The number of rotatable bonds is 0. The highest BCUT2D eigenvalue weighted by Crippen LogP contribution is 2.25. The number of nitrogens with one attached hydrogen (secondary N) is 1. The molecule has 1 aromatic carbocycles. The van der Waals surface area contributed by atoms with Gasteiger partial charge in [0.15, 0.2) is 5.82 Å². The molecule has 12 heavy (non-hydrogen) atoms. The number of aryl methyl sites for hydroxylation is 1. The van der Waals surface area contributed by atoms with Crippen molar-refractivity contribution in [2.45, 2.75) is 6.92 Å². The third-order valence-corrected chi connectivity index (χ3v) is 3.12. The second-order valence-corrected chi connectivity index (χ2v) is 3.87. The summed E-state index contributed by atoms with van der Waals surface area (Å²) in [7, 11) is 0. The highest BCUT2D eigenvalue weighted by atomic mass is 127. The van der Waals surface area contributed by atoms with Gasteiger partial charge in [0.2, 0.25) is 0 Å². The van der Waals surface area contributed by atoms with Gasteiger partial charge in [0, 0.05) is 8.96 Å². The number of hydrogen-bond donors (Lipinski definition) is 2. The third kappa shape index (κ3) is 0.979. The van der Waals surface area contributed by atoms with Crippen LogP contribution in [0.15, 0.2) is 12.1 Å². The molecule has 3 nitrogen and oxygen atoms in total. The molecule has 1 aromatic heterocycles. The molecule has 62 valence electrons. The molecular formula is C8H8IN3. The summed E-state index contributed by atoms with van der Waals surface area (Å²) in [6.07, 6.45) is 0. The fraction of sp³-hybridized carbons (Fsp3) is 0.125. The standard InChI is InChI=1S/C8H8IN3/c1-4-5(9)2-3-6-7(4)8(10)12-11-6/h2-3H,1H3,(H3,10,11,12). The second-order valence-electron chi connectivity index (χ2n) is 2.70. The number of nitrogens with two attached hydrogens (primary N) is 1. The molecule has 1 heterocycles. The smallest absolute Gasteiger partial charge is 0.153 e. The maximum absolute atomic E-state index is 5.70. The Labute approximate surface area is 83.5 Å². The van der Waals surface area contributed by atoms with Gasteiger partial charge in [-0.2, -0.15) is 5.10 Å². The summed E-state index contributed by atoms with van der Waals surface area (Å²) in [6.45, 7) is 2.05. The van der Waals surface area contributed by atoms with Crippen molar-refractivity contribution < 1.29 is 0 Å². The maximum Gasteiger partial charge on any atom is 0.153 e. The van der Waals surface area contributed by atoms with Crippen LogP contribution in [0.3, 0.4) is 0 Å². The molecular weight excluding hydrogens is 265 g/mol. The van der Waals surface area contributed by atoms with Crippen LogP contribution in [0.1, 0.15) is 5.56 Å². The van der Waals surface area contributed by atoms with E-state index >= 15 is 0 Å². The Hall–Kier alpha value is -0.780. The predicted octanol–water partition coefficient (Wildman–Crippen LogP) is 2.06. The van der Waals surface area contributed by atoms with E-state index in [1.807, 2.05) is 6.07 Å². The first-order valence-electron chi connectivity index (χ1n) is 3.59. The number of nitrogen functional groups attached to an aromatic ring is 1. The Bertz CT molecular complexity index is 433. The number of halogens is 1. The van der Waals surface area contributed by atoms with Gasteiger partial charge < -0.3 is 5.73 Å². The quantitative estimate of drug-likeness (QED) is 0.722. The number of nitrogens with zero attached hydrogens (tertiary/aromatic N) is 1. The summed E-state index contributed by atoms with van der Waals surface area (Å²) < 4.78 is 1.22. The van der Waals surface area contributed by atoms with E-state index in [9.17, 15) is 0 Å². The summed E-state index contributed by atoms with van der Waals surface area (Å²) >= 11 is 2.29. The van der Waals surface area contributed by atoms with E-state index in [2.05, 4.69) is 45.8 Å². The number of benzene rings is 1. The fourth-order valence-corrected chi connectivity index (χ4v) is 1.74. The van der Waals surface area contributed by atoms with E-state index in [4.69, 9.17) is 5.73 Å². The number of fused-ring (bicyclic) bond motifs is 1. The van der Waals surface area contributed by atoms with Crippen LogP contribution in [0, 0.1) is 10.5 Å². The Morgan fingerprint density at radius 3 is 3.00 bits per heavy atom. The van der Waals surface area contributed by atoms with E-state index in [0.717, 1.165) is 10.9 Å². The monoisotopic (exact) mass is 273 g/mol. The maximum atomic E-state index is 5.70. The molecule has 2 rings (SSSR count). The molecule has 0 aliphatic rings. The Balaban J connectivity index is 2.96. The SMILES string of the molecule is Cc1c(I)ccc2[nH]nc(N)c12. The highest BCUT2D eigenvalue weighted by Gasteiger charge is 2.06. The molecule has 0 aliphatic carbocycles. The minimum absolute atomic E-state index is 0.584. The van der Waals surface area contributed by atoms with Crippen molar-refractivity contribution in [3.8, 4) is 0 Å². The predicted molar refractivity (Wildman–Crippen MR) is 58.0 cm³/mol. The van der Waals surface area contributed by atoms with Crippen molar-refractivity contribution in [3.05, 3.63) is 21.3 Å². The van der Waals surface area contributed by atoms with Crippen LogP contribution >= 0.6 is 22.6 Å². The minimum atomic E-state index is 0.584. The summed E-state index contributed by atoms with van der Waals surface area (Å²) in [5.41, 5.74) is 7.90. The van der Waals surface area contributed by atoms with Crippen LogP contribution in [0.4, 0.5) is 5.82 Å². The Morgan fingerprint density at radius 1 is 1.50 bits per heavy atom. The van der Waals surface area contributed by atoms with E-state index < -0.39 is 0 Å². The molecule has 0 atom stereocenters. The van der Waals surface area contributed by atoms with Crippen LogP contribution in [0.2, 0.25) is 0 Å². The highest BCUT2D eigenvalue weighted by molar-refractivity contribution is 14.1. The van der Waals surface area contributed by atoms with Crippen LogP contribution in [-0.4, -0.2) is 10.2 Å². The van der Waals surface area contributed by atoms with Crippen molar-refractivity contribution in [1.29, 1.82) is 0 Å². The number of aromatic amines is 1. The molecule has 0 saturated heterocycles. The molecule has 0 amide bonds. The zero-order valence-electron chi connectivity index (χ0n) is 6.56. The summed E-state index contributed by atoms with van der Waals surface area (Å²) in [5.74, 6) is 0.584. The van der Waals surface area contributed by atoms with Gasteiger partial charge in [-0.1, -0.05) is 0 Å². The Kier molecular flexibility index (Phi) is 1.71. The van der Waals surface area contributed by atoms with Gasteiger partial charge in [0.1, 0.15) is 0 Å². The van der Waals surface area contributed by atoms with Crippen LogP contribution in [0.25, 0.3) is 10.9 Å². The first kappa shape index (κ1) is 7.85. The zero-order chi connectivity index (χ0) is 8.72.